The fraction of sp³-hybridized carbons (Fsp3) is 0.130. The van der Waals surface area contributed by atoms with E-state index in [-0.39, 0.29) is 0 Å². The number of hydrogen-bond acceptors (Lipinski definition) is 6. The van der Waals surface area contributed by atoms with Gasteiger partial charge >= 0.3 is 7.12 Å². The van der Waals surface area contributed by atoms with Crippen LogP contribution >= 0.6 is 0 Å². The molecule has 8 heteroatoms. The molecule has 0 N–H and O–H groups in total. The Hall–Kier alpha value is -6.22. The van der Waals surface area contributed by atoms with Crippen LogP contribution in [0.2, 0.25) is 0 Å². The highest BCUT2D eigenvalue weighted by Gasteiger charge is 2.51. The summed E-state index contributed by atoms with van der Waals surface area (Å²) in [7, 11) is -0.580. The number of hydrogen-bond donors (Lipinski definition) is 0. The Balaban J connectivity index is 1.18. The zero-order chi connectivity index (χ0) is 36.9. The fourth-order valence-corrected chi connectivity index (χ4v) is 6.89. The molecule has 8 aromatic rings. The molecule has 4 heterocycles. The second kappa shape index (κ2) is 13.3. The van der Waals surface area contributed by atoms with E-state index in [1.807, 2.05) is 84.9 Å². The predicted molar refractivity (Wildman–Crippen MR) is 217 cm³/mol. The van der Waals surface area contributed by atoms with Crippen LogP contribution in [0.5, 0.6) is 0 Å². The van der Waals surface area contributed by atoms with Crippen LogP contribution in [0.25, 0.3) is 73.5 Å². The largest absolute Gasteiger partial charge is 0.494 e. The molecule has 0 amide bonds. The molecule has 9 rings (SSSR count). The standard InChI is InChI=1S/C46H38BN5O2/c1-45(2)46(3,4)54-47(53-45)38-29-36(28-37(30-38)44-50-42(34-18-10-6-11-19-34)49-43(51-44)35-20-12-7-13-21-35)31-23-25-32(26-24-31)40-41(33-16-8-5-9-17-33)52-27-15-14-22-39(52)48-40/h5-30H,1-4H3. The van der Waals surface area contributed by atoms with Crippen LogP contribution in [-0.2, 0) is 9.31 Å². The molecule has 0 bridgehead atoms. The first-order valence-corrected chi connectivity index (χ1v) is 18.2. The summed E-state index contributed by atoms with van der Waals surface area (Å²) in [4.78, 5) is 20.1. The molecule has 0 saturated carbocycles. The molecule has 1 aliphatic rings. The molecule has 0 spiro atoms. The average molecular weight is 704 g/mol. The molecule has 7 nitrogen and oxygen atoms in total. The summed E-state index contributed by atoms with van der Waals surface area (Å²) in [6.45, 7) is 8.29. The fourth-order valence-electron chi connectivity index (χ4n) is 6.89. The summed E-state index contributed by atoms with van der Waals surface area (Å²) >= 11 is 0. The Kier molecular flexibility index (Phi) is 8.29. The lowest BCUT2D eigenvalue weighted by atomic mass is 9.76. The molecule has 0 aliphatic carbocycles. The van der Waals surface area contributed by atoms with Crippen LogP contribution in [0.4, 0.5) is 0 Å². The van der Waals surface area contributed by atoms with Gasteiger partial charge in [0.2, 0.25) is 0 Å². The molecule has 54 heavy (non-hydrogen) atoms. The van der Waals surface area contributed by atoms with Gasteiger partial charge in [-0.05, 0) is 62.5 Å². The molecule has 5 aromatic carbocycles. The van der Waals surface area contributed by atoms with Gasteiger partial charge in [-0.25, -0.2) is 19.9 Å². The third-order valence-electron chi connectivity index (χ3n) is 10.5. The summed E-state index contributed by atoms with van der Waals surface area (Å²) in [5.74, 6) is 1.78. The van der Waals surface area contributed by atoms with E-state index in [1.54, 1.807) is 0 Å². The number of rotatable bonds is 7. The van der Waals surface area contributed by atoms with Crippen molar-refractivity contribution in [3.63, 3.8) is 0 Å². The molecule has 0 radical (unpaired) electrons. The van der Waals surface area contributed by atoms with E-state index >= 15 is 0 Å². The minimum atomic E-state index is -0.580. The van der Waals surface area contributed by atoms with E-state index in [0.717, 1.165) is 61.4 Å². The smallest absolute Gasteiger partial charge is 0.399 e. The van der Waals surface area contributed by atoms with E-state index in [0.29, 0.717) is 17.5 Å². The van der Waals surface area contributed by atoms with Crippen molar-refractivity contribution in [2.24, 2.45) is 0 Å². The van der Waals surface area contributed by atoms with Crippen molar-refractivity contribution in [1.29, 1.82) is 0 Å². The Morgan fingerprint density at radius 1 is 0.444 bits per heavy atom. The monoisotopic (exact) mass is 703 g/mol. The number of fused-ring (bicyclic) bond motifs is 1. The minimum Gasteiger partial charge on any atom is -0.399 e. The number of imidazole rings is 1. The highest BCUT2D eigenvalue weighted by molar-refractivity contribution is 6.62. The molecular formula is C46H38BN5O2. The average Bonchev–Trinajstić information content (AvgIpc) is 3.71. The van der Waals surface area contributed by atoms with Gasteiger partial charge in [-0.2, -0.15) is 0 Å². The maximum Gasteiger partial charge on any atom is 0.494 e. The van der Waals surface area contributed by atoms with Crippen molar-refractivity contribution in [1.82, 2.24) is 24.3 Å². The molecule has 0 unspecified atom stereocenters. The van der Waals surface area contributed by atoms with E-state index in [2.05, 4.69) is 105 Å². The van der Waals surface area contributed by atoms with Crippen molar-refractivity contribution in [3.8, 4) is 67.8 Å². The first-order valence-electron chi connectivity index (χ1n) is 18.2. The highest BCUT2D eigenvalue weighted by Crippen LogP contribution is 2.38. The molecular weight excluding hydrogens is 665 g/mol. The van der Waals surface area contributed by atoms with Crippen molar-refractivity contribution in [3.05, 3.63) is 158 Å². The van der Waals surface area contributed by atoms with Crippen LogP contribution in [0, 0.1) is 0 Å². The number of aromatic nitrogens is 5. The van der Waals surface area contributed by atoms with Gasteiger partial charge in [0.05, 0.1) is 22.6 Å². The lowest BCUT2D eigenvalue weighted by Crippen LogP contribution is -2.41. The van der Waals surface area contributed by atoms with Crippen LogP contribution < -0.4 is 5.46 Å². The Bertz CT molecular complexity index is 2530. The Morgan fingerprint density at radius 2 is 0.926 bits per heavy atom. The predicted octanol–water partition coefficient (Wildman–Crippen LogP) is 9.82. The van der Waals surface area contributed by atoms with E-state index in [4.69, 9.17) is 29.2 Å². The molecule has 3 aromatic heterocycles. The van der Waals surface area contributed by atoms with Crippen LogP contribution in [0.1, 0.15) is 27.7 Å². The van der Waals surface area contributed by atoms with Crippen molar-refractivity contribution in [2.45, 2.75) is 38.9 Å². The Labute approximate surface area is 315 Å². The zero-order valence-electron chi connectivity index (χ0n) is 30.6. The number of pyridine rings is 1. The van der Waals surface area contributed by atoms with E-state index in [9.17, 15) is 0 Å². The van der Waals surface area contributed by atoms with Gasteiger partial charge in [-0.3, -0.25) is 4.40 Å². The first-order chi connectivity index (χ1) is 26.2. The van der Waals surface area contributed by atoms with Gasteiger partial charge in [0.15, 0.2) is 17.5 Å². The van der Waals surface area contributed by atoms with Gasteiger partial charge in [0, 0.05) is 34.0 Å². The zero-order valence-corrected chi connectivity index (χ0v) is 30.6. The van der Waals surface area contributed by atoms with Gasteiger partial charge in [-0.1, -0.05) is 133 Å². The van der Waals surface area contributed by atoms with E-state index < -0.39 is 18.3 Å². The molecule has 262 valence electrons. The highest BCUT2D eigenvalue weighted by atomic mass is 16.7. The van der Waals surface area contributed by atoms with Gasteiger partial charge in [-0.15, -0.1) is 0 Å². The number of benzene rings is 5. The lowest BCUT2D eigenvalue weighted by molar-refractivity contribution is 0.00578. The normalized spacial score (nSPS) is 14.8. The summed E-state index contributed by atoms with van der Waals surface area (Å²) in [5, 5.41) is 0. The molecule has 1 aliphatic heterocycles. The number of nitrogens with zero attached hydrogens (tertiary/aromatic N) is 5. The second-order valence-corrected chi connectivity index (χ2v) is 14.7. The van der Waals surface area contributed by atoms with Crippen LogP contribution in [0.3, 0.4) is 0 Å². The van der Waals surface area contributed by atoms with Crippen molar-refractivity contribution >= 4 is 18.2 Å². The second-order valence-electron chi connectivity index (χ2n) is 14.7. The third-order valence-corrected chi connectivity index (χ3v) is 10.5. The van der Waals surface area contributed by atoms with Crippen LogP contribution in [-0.4, -0.2) is 42.7 Å². The summed E-state index contributed by atoms with van der Waals surface area (Å²) < 4.78 is 15.3. The maximum absolute atomic E-state index is 6.59. The topological polar surface area (TPSA) is 74.4 Å². The van der Waals surface area contributed by atoms with E-state index in [1.165, 1.54) is 0 Å². The summed E-state index contributed by atoms with van der Waals surface area (Å²) in [5.41, 5.74) is 9.59. The Morgan fingerprint density at radius 3 is 1.50 bits per heavy atom. The van der Waals surface area contributed by atoms with Crippen LogP contribution in [0.15, 0.2) is 158 Å². The first kappa shape index (κ1) is 33.6. The van der Waals surface area contributed by atoms with Crippen molar-refractivity contribution < 1.29 is 9.31 Å². The summed E-state index contributed by atoms with van der Waals surface area (Å²) in [6, 6.07) is 51.6. The molecule has 1 saturated heterocycles. The quantitative estimate of drug-likeness (QED) is 0.154. The van der Waals surface area contributed by atoms with Crippen molar-refractivity contribution in [2.75, 3.05) is 0 Å². The molecule has 0 atom stereocenters. The third kappa shape index (κ3) is 6.19. The summed E-state index contributed by atoms with van der Waals surface area (Å²) in [6.07, 6.45) is 2.07. The molecule has 1 fully saturated rings. The lowest BCUT2D eigenvalue weighted by Gasteiger charge is -2.32. The SMILES string of the molecule is CC1(C)OB(c2cc(-c3ccc(-c4nc5ccccn5c4-c4ccccc4)cc3)cc(-c3nc(-c4ccccc4)nc(-c4ccccc4)n3)c2)OC1(C)C. The minimum absolute atomic E-state index is 0.506. The van der Waals surface area contributed by atoms with Gasteiger partial charge in [0.1, 0.15) is 5.65 Å². The van der Waals surface area contributed by atoms with Gasteiger partial charge in [0.25, 0.3) is 0 Å². The maximum atomic E-state index is 6.59. The van der Waals surface area contributed by atoms with Gasteiger partial charge < -0.3 is 9.31 Å².